The fraction of sp³-hybridized carbons (Fsp3) is 0.208. The van der Waals surface area contributed by atoms with Gasteiger partial charge in [0.25, 0.3) is 0 Å². The number of benzene rings is 2. The van der Waals surface area contributed by atoms with E-state index in [1.165, 1.54) is 0 Å². The first-order valence-corrected chi connectivity index (χ1v) is 11.1. The summed E-state index contributed by atoms with van der Waals surface area (Å²) < 4.78 is 1.91. The zero-order valence-corrected chi connectivity index (χ0v) is 19.0. The number of likely N-dealkylation sites (N-methyl/N-ethyl adjacent to an activating group) is 1. The van der Waals surface area contributed by atoms with E-state index in [-0.39, 0.29) is 0 Å². The summed E-state index contributed by atoms with van der Waals surface area (Å²) in [4.78, 5) is 25.2. The number of primary amides is 1. The first-order chi connectivity index (χ1) is 16.0. The number of imidazole rings is 1. The van der Waals surface area contributed by atoms with Gasteiger partial charge in [0.1, 0.15) is 0 Å². The number of halogens is 1. The average Bonchev–Trinajstić information content (AvgIpc) is 3.29. The fourth-order valence-corrected chi connectivity index (χ4v) is 4.29. The molecule has 1 amide bonds. The van der Waals surface area contributed by atoms with Crippen molar-refractivity contribution in [3.8, 4) is 11.3 Å². The molecule has 2 aromatic heterocycles. The number of carbonyl (C=O) groups excluding carboxylic acids is 1. The average molecular weight is 462 g/mol. The molecule has 0 bridgehead atoms. The SMILES string of the molecule is CN1CCN(c2ccc(Nc3nc(-c4ccc(C(N)=O)cc4)cn4ccnc34)cc2Cl)CC1. The van der Waals surface area contributed by atoms with Gasteiger partial charge in [0, 0.05) is 61.6 Å². The smallest absolute Gasteiger partial charge is 0.248 e. The van der Waals surface area contributed by atoms with Crippen molar-refractivity contribution in [2.24, 2.45) is 5.73 Å². The van der Waals surface area contributed by atoms with Crippen LogP contribution in [0, 0.1) is 0 Å². The number of carbonyl (C=O) groups is 1. The van der Waals surface area contributed by atoms with Gasteiger partial charge in [-0.25, -0.2) is 9.97 Å². The van der Waals surface area contributed by atoms with Gasteiger partial charge >= 0.3 is 0 Å². The Morgan fingerprint density at radius 1 is 1.09 bits per heavy atom. The number of amides is 1. The van der Waals surface area contributed by atoms with Crippen LogP contribution in [-0.4, -0.2) is 58.4 Å². The van der Waals surface area contributed by atoms with Gasteiger partial charge in [-0.1, -0.05) is 23.7 Å². The Balaban J connectivity index is 1.44. The number of nitrogens with one attached hydrogen (secondary N) is 1. The molecule has 0 unspecified atom stereocenters. The number of piperazine rings is 1. The summed E-state index contributed by atoms with van der Waals surface area (Å²) >= 11 is 6.66. The van der Waals surface area contributed by atoms with Gasteiger partial charge in [0.05, 0.1) is 16.4 Å². The lowest BCUT2D eigenvalue weighted by molar-refractivity contribution is 0.100. The Morgan fingerprint density at radius 2 is 1.85 bits per heavy atom. The lowest BCUT2D eigenvalue weighted by Crippen LogP contribution is -2.44. The molecule has 1 aliphatic heterocycles. The summed E-state index contributed by atoms with van der Waals surface area (Å²) in [6, 6.07) is 13.0. The van der Waals surface area contributed by atoms with Crippen LogP contribution >= 0.6 is 11.6 Å². The molecule has 8 nitrogen and oxygen atoms in total. The molecule has 9 heteroatoms. The third-order valence-electron chi connectivity index (χ3n) is 5.89. The standard InChI is InChI=1S/C24H24ClN7O/c1-30-10-12-31(13-11-30)21-7-6-18(14-19(21)25)28-23-24-27-8-9-32(24)15-20(29-23)16-2-4-17(5-3-16)22(26)33/h2-9,14-15H,10-13H2,1H3,(H2,26,33)(H,28,29). The highest BCUT2D eigenvalue weighted by Crippen LogP contribution is 2.32. The van der Waals surface area contributed by atoms with Crippen LogP contribution in [-0.2, 0) is 0 Å². The van der Waals surface area contributed by atoms with Crippen LogP contribution in [0.4, 0.5) is 17.2 Å². The van der Waals surface area contributed by atoms with E-state index in [2.05, 4.69) is 27.1 Å². The van der Waals surface area contributed by atoms with Crippen LogP contribution in [0.2, 0.25) is 5.02 Å². The second-order valence-corrected chi connectivity index (χ2v) is 8.56. The number of aromatic nitrogens is 3. The Morgan fingerprint density at radius 3 is 2.55 bits per heavy atom. The predicted molar refractivity (Wildman–Crippen MR) is 131 cm³/mol. The first-order valence-electron chi connectivity index (χ1n) is 10.7. The topological polar surface area (TPSA) is 91.8 Å². The van der Waals surface area contributed by atoms with E-state index in [9.17, 15) is 4.79 Å². The molecule has 3 heterocycles. The quantitative estimate of drug-likeness (QED) is 0.471. The number of fused-ring (bicyclic) bond motifs is 1. The molecule has 3 N–H and O–H groups in total. The zero-order chi connectivity index (χ0) is 22.9. The van der Waals surface area contributed by atoms with Gasteiger partial charge in [-0.05, 0) is 37.4 Å². The molecule has 4 aromatic rings. The van der Waals surface area contributed by atoms with Crippen LogP contribution in [0.5, 0.6) is 0 Å². The summed E-state index contributed by atoms with van der Waals surface area (Å²) in [6.07, 6.45) is 5.49. The monoisotopic (exact) mass is 461 g/mol. The largest absolute Gasteiger partial charge is 0.368 e. The van der Waals surface area contributed by atoms with Gasteiger partial charge in [-0.15, -0.1) is 0 Å². The molecule has 0 saturated carbocycles. The van der Waals surface area contributed by atoms with E-state index in [0.29, 0.717) is 22.1 Å². The molecule has 0 atom stereocenters. The Hall–Kier alpha value is -3.62. The molecular weight excluding hydrogens is 438 g/mol. The van der Waals surface area contributed by atoms with E-state index < -0.39 is 5.91 Å². The van der Waals surface area contributed by atoms with Crippen molar-refractivity contribution in [2.75, 3.05) is 43.4 Å². The zero-order valence-electron chi connectivity index (χ0n) is 18.2. The molecule has 33 heavy (non-hydrogen) atoms. The highest BCUT2D eigenvalue weighted by atomic mass is 35.5. The van der Waals surface area contributed by atoms with Gasteiger partial charge in [0.15, 0.2) is 11.5 Å². The van der Waals surface area contributed by atoms with Crippen molar-refractivity contribution in [3.05, 3.63) is 71.6 Å². The Labute approximate surface area is 196 Å². The maximum absolute atomic E-state index is 11.4. The second kappa shape index (κ2) is 8.73. The van der Waals surface area contributed by atoms with Crippen molar-refractivity contribution < 1.29 is 4.79 Å². The number of rotatable bonds is 5. The lowest BCUT2D eigenvalue weighted by Gasteiger charge is -2.34. The summed E-state index contributed by atoms with van der Waals surface area (Å²) in [5.74, 6) is 0.152. The number of hydrogen-bond donors (Lipinski definition) is 2. The number of nitrogens with zero attached hydrogens (tertiary/aromatic N) is 5. The molecule has 0 spiro atoms. The van der Waals surface area contributed by atoms with E-state index in [1.807, 2.05) is 47.1 Å². The number of hydrogen-bond acceptors (Lipinski definition) is 6. The summed E-state index contributed by atoms with van der Waals surface area (Å²) in [5, 5.41) is 4.07. The number of nitrogens with two attached hydrogens (primary N) is 1. The molecule has 1 fully saturated rings. The van der Waals surface area contributed by atoms with Gasteiger partial charge in [-0.2, -0.15) is 0 Å². The summed E-state index contributed by atoms with van der Waals surface area (Å²) in [6.45, 7) is 3.95. The molecular formula is C24H24ClN7O. The van der Waals surface area contributed by atoms with Gasteiger partial charge < -0.3 is 25.3 Å². The van der Waals surface area contributed by atoms with Crippen LogP contribution in [0.15, 0.2) is 61.1 Å². The summed E-state index contributed by atoms with van der Waals surface area (Å²) in [7, 11) is 2.13. The van der Waals surface area contributed by atoms with Crippen LogP contribution in [0.1, 0.15) is 10.4 Å². The molecule has 0 radical (unpaired) electrons. The van der Waals surface area contributed by atoms with E-state index in [1.54, 1.807) is 18.3 Å². The minimum atomic E-state index is -0.459. The molecule has 0 aliphatic carbocycles. The Bertz CT molecular complexity index is 1310. The molecule has 168 valence electrons. The molecule has 1 saturated heterocycles. The van der Waals surface area contributed by atoms with E-state index >= 15 is 0 Å². The first kappa shape index (κ1) is 21.2. The highest BCUT2D eigenvalue weighted by molar-refractivity contribution is 6.33. The maximum atomic E-state index is 11.4. The number of anilines is 3. The van der Waals surface area contributed by atoms with Crippen molar-refractivity contribution in [3.63, 3.8) is 0 Å². The lowest BCUT2D eigenvalue weighted by atomic mass is 10.1. The van der Waals surface area contributed by atoms with Crippen molar-refractivity contribution in [1.82, 2.24) is 19.3 Å². The molecule has 1 aliphatic rings. The highest BCUT2D eigenvalue weighted by Gasteiger charge is 2.17. The van der Waals surface area contributed by atoms with Crippen LogP contribution in [0.25, 0.3) is 16.9 Å². The van der Waals surface area contributed by atoms with Crippen LogP contribution in [0.3, 0.4) is 0 Å². The predicted octanol–water partition coefficient (Wildman–Crippen LogP) is 3.64. The third-order valence-corrected chi connectivity index (χ3v) is 6.20. The minimum absolute atomic E-state index is 0.455. The van der Waals surface area contributed by atoms with Crippen LogP contribution < -0.4 is 16.0 Å². The molecule has 2 aromatic carbocycles. The van der Waals surface area contributed by atoms with Gasteiger partial charge in [0.2, 0.25) is 5.91 Å². The fourth-order valence-electron chi connectivity index (χ4n) is 3.99. The van der Waals surface area contributed by atoms with Gasteiger partial charge in [-0.3, -0.25) is 4.79 Å². The van der Waals surface area contributed by atoms with Crippen molar-refractivity contribution >= 4 is 40.3 Å². The molecule has 5 rings (SSSR count). The summed E-state index contributed by atoms with van der Waals surface area (Å²) in [5.41, 5.74) is 9.98. The van der Waals surface area contributed by atoms with E-state index in [0.717, 1.165) is 48.8 Å². The van der Waals surface area contributed by atoms with Crippen molar-refractivity contribution in [1.29, 1.82) is 0 Å². The van der Waals surface area contributed by atoms with E-state index in [4.69, 9.17) is 22.3 Å². The van der Waals surface area contributed by atoms with Crippen molar-refractivity contribution in [2.45, 2.75) is 0 Å². The second-order valence-electron chi connectivity index (χ2n) is 8.16. The Kier molecular flexibility index (Phi) is 5.62. The third kappa shape index (κ3) is 4.35. The maximum Gasteiger partial charge on any atom is 0.248 e. The minimum Gasteiger partial charge on any atom is -0.368 e. The normalized spacial score (nSPS) is 14.5.